The summed E-state index contributed by atoms with van der Waals surface area (Å²) in [6.07, 6.45) is -0.776. The van der Waals surface area contributed by atoms with Gasteiger partial charge in [-0.15, -0.1) is 0 Å². The predicted octanol–water partition coefficient (Wildman–Crippen LogP) is 2.77. The zero-order chi connectivity index (χ0) is 22.1. The van der Waals surface area contributed by atoms with E-state index in [9.17, 15) is 19.0 Å². The van der Waals surface area contributed by atoms with E-state index in [2.05, 4.69) is 10.4 Å². The van der Waals surface area contributed by atoms with Crippen LogP contribution in [0.2, 0.25) is 0 Å². The zero-order valence-corrected chi connectivity index (χ0v) is 17.9. The summed E-state index contributed by atoms with van der Waals surface area (Å²) >= 11 is 0. The molecule has 2 aromatic rings. The number of carbonyl (C=O) groups is 2. The maximum Gasteiger partial charge on any atom is 0.408 e. The molecule has 0 aromatic heterocycles. The topological polar surface area (TPSA) is 131 Å². The van der Waals surface area contributed by atoms with Crippen LogP contribution in [0.5, 0.6) is 0 Å². The van der Waals surface area contributed by atoms with E-state index in [0.29, 0.717) is 0 Å². The first-order chi connectivity index (χ1) is 14.2. The van der Waals surface area contributed by atoms with E-state index in [1.165, 1.54) is 0 Å². The van der Waals surface area contributed by atoms with Gasteiger partial charge in [0, 0.05) is 6.42 Å². The molecule has 2 aromatic carbocycles. The standard InChI is InChI=1S/C21H28N3O5P/c1-15(2)19(20(22)25)24-30(27,28)18(13-16-9-5-3-6-10-16)23-21(26)29-14-17-11-7-4-8-12-17/h3-12,15,18-19H,13-14H2,1-2H3,(H2,22,25)(H,23,26)(H2,24,27,28). The highest BCUT2D eigenvalue weighted by molar-refractivity contribution is 7.56. The molecule has 0 radical (unpaired) electrons. The maximum atomic E-state index is 13.1. The number of benzene rings is 2. The first-order valence-electron chi connectivity index (χ1n) is 9.59. The highest BCUT2D eigenvalue weighted by Crippen LogP contribution is 2.43. The summed E-state index contributed by atoms with van der Waals surface area (Å²) in [4.78, 5) is 34.7. The van der Waals surface area contributed by atoms with Crippen LogP contribution < -0.4 is 16.1 Å². The van der Waals surface area contributed by atoms with Crippen molar-refractivity contribution in [3.05, 3.63) is 71.8 Å². The number of hydrogen-bond donors (Lipinski definition) is 4. The van der Waals surface area contributed by atoms with E-state index in [1.807, 2.05) is 24.3 Å². The van der Waals surface area contributed by atoms with Crippen LogP contribution in [0.3, 0.4) is 0 Å². The lowest BCUT2D eigenvalue weighted by Gasteiger charge is -2.29. The highest BCUT2D eigenvalue weighted by atomic mass is 31.2. The summed E-state index contributed by atoms with van der Waals surface area (Å²) in [5.41, 5.74) is 6.89. The number of carbonyl (C=O) groups excluding carboxylic acids is 2. The molecule has 5 N–H and O–H groups in total. The van der Waals surface area contributed by atoms with Crippen molar-refractivity contribution in [3.8, 4) is 0 Å². The summed E-state index contributed by atoms with van der Waals surface area (Å²) in [5.74, 6) is -2.28. The van der Waals surface area contributed by atoms with Crippen LogP contribution in [0.15, 0.2) is 60.7 Å². The van der Waals surface area contributed by atoms with Crippen LogP contribution in [0.1, 0.15) is 25.0 Å². The van der Waals surface area contributed by atoms with Crippen LogP contribution in [0, 0.1) is 5.92 Å². The monoisotopic (exact) mass is 433 g/mol. The minimum atomic E-state index is -4.24. The van der Waals surface area contributed by atoms with E-state index < -0.39 is 31.3 Å². The Kier molecular flexibility index (Phi) is 8.59. The van der Waals surface area contributed by atoms with Crippen LogP contribution in [0.4, 0.5) is 4.79 Å². The summed E-state index contributed by atoms with van der Waals surface area (Å²) in [5, 5.41) is 4.93. The fourth-order valence-corrected chi connectivity index (χ4v) is 4.57. The lowest BCUT2D eigenvalue weighted by Crippen LogP contribution is -2.47. The predicted molar refractivity (Wildman–Crippen MR) is 114 cm³/mol. The Morgan fingerprint density at radius 1 is 1.03 bits per heavy atom. The van der Waals surface area contributed by atoms with Crippen LogP contribution in [-0.2, 0) is 27.1 Å². The van der Waals surface area contributed by atoms with Crippen molar-refractivity contribution in [3.63, 3.8) is 0 Å². The van der Waals surface area contributed by atoms with Gasteiger partial charge in [0.1, 0.15) is 12.4 Å². The van der Waals surface area contributed by atoms with Crippen molar-refractivity contribution in [2.75, 3.05) is 0 Å². The Balaban J connectivity index is 2.15. The minimum Gasteiger partial charge on any atom is -0.445 e. The molecule has 8 nitrogen and oxygen atoms in total. The molecule has 2 rings (SSSR count). The van der Waals surface area contributed by atoms with Gasteiger partial charge < -0.3 is 20.7 Å². The second-order valence-electron chi connectivity index (χ2n) is 7.29. The van der Waals surface area contributed by atoms with Gasteiger partial charge in [-0.05, 0) is 17.0 Å². The summed E-state index contributed by atoms with van der Waals surface area (Å²) in [7, 11) is -4.24. The van der Waals surface area contributed by atoms with Crippen molar-refractivity contribution in [1.29, 1.82) is 0 Å². The van der Waals surface area contributed by atoms with Gasteiger partial charge in [0.2, 0.25) is 5.91 Å². The molecule has 0 saturated heterocycles. The first kappa shape index (κ1) is 23.6. The van der Waals surface area contributed by atoms with Gasteiger partial charge in [0.25, 0.3) is 7.52 Å². The second-order valence-corrected chi connectivity index (χ2v) is 9.42. The lowest BCUT2D eigenvalue weighted by atomic mass is 10.1. The quantitative estimate of drug-likeness (QED) is 0.426. The molecule has 2 amide bonds. The fourth-order valence-electron chi connectivity index (χ4n) is 2.83. The molecule has 30 heavy (non-hydrogen) atoms. The Morgan fingerprint density at radius 3 is 2.07 bits per heavy atom. The average molecular weight is 433 g/mol. The highest BCUT2D eigenvalue weighted by Gasteiger charge is 2.37. The molecule has 0 aliphatic rings. The molecular formula is C21H28N3O5P. The SMILES string of the molecule is CC(C)C(NP(=O)(O)C(Cc1ccccc1)NC(=O)OCc1ccccc1)C(N)=O. The van der Waals surface area contributed by atoms with Crippen molar-refractivity contribution in [2.45, 2.75) is 38.7 Å². The maximum absolute atomic E-state index is 13.1. The average Bonchev–Trinajstić information content (AvgIpc) is 2.71. The van der Waals surface area contributed by atoms with Gasteiger partial charge in [-0.2, -0.15) is 0 Å². The number of hydrogen-bond acceptors (Lipinski definition) is 4. The molecule has 3 unspecified atom stereocenters. The van der Waals surface area contributed by atoms with Crippen LogP contribution >= 0.6 is 7.52 Å². The number of primary amides is 1. The number of amides is 2. The number of ether oxygens (including phenoxy) is 1. The van der Waals surface area contributed by atoms with Gasteiger partial charge >= 0.3 is 6.09 Å². The molecule has 9 heteroatoms. The Labute approximate surface area is 176 Å². The third kappa shape index (κ3) is 7.30. The molecule has 0 fully saturated rings. The Hall–Kier alpha value is -2.67. The zero-order valence-electron chi connectivity index (χ0n) is 17.0. The van der Waals surface area contributed by atoms with Crippen LogP contribution in [-0.4, -0.2) is 28.7 Å². The molecule has 0 saturated carbocycles. The first-order valence-corrected chi connectivity index (χ1v) is 11.3. The van der Waals surface area contributed by atoms with E-state index in [4.69, 9.17) is 10.5 Å². The van der Waals surface area contributed by atoms with Gasteiger partial charge in [-0.1, -0.05) is 74.5 Å². The third-order valence-electron chi connectivity index (χ3n) is 4.49. The number of nitrogens with two attached hydrogens (primary N) is 1. The Morgan fingerprint density at radius 2 is 1.57 bits per heavy atom. The molecular weight excluding hydrogens is 405 g/mol. The van der Waals surface area contributed by atoms with Gasteiger partial charge in [-0.25, -0.2) is 9.88 Å². The van der Waals surface area contributed by atoms with Crippen molar-refractivity contribution < 1.29 is 23.8 Å². The number of rotatable bonds is 10. The molecule has 3 atom stereocenters. The van der Waals surface area contributed by atoms with Gasteiger partial charge in [-0.3, -0.25) is 9.36 Å². The smallest absolute Gasteiger partial charge is 0.408 e. The van der Waals surface area contributed by atoms with Gasteiger partial charge in [0.15, 0.2) is 0 Å². The molecule has 162 valence electrons. The Bertz CT molecular complexity index is 877. The molecule has 0 bridgehead atoms. The normalized spacial score (nSPS) is 15.1. The van der Waals surface area contributed by atoms with Crippen molar-refractivity contribution in [1.82, 2.24) is 10.4 Å². The third-order valence-corrected chi connectivity index (χ3v) is 6.29. The van der Waals surface area contributed by atoms with Crippen molar-refractivity contribution >= 4 is 19.5 Å². The van der Waals surface area contributed by atoms with E-state index in [0.717, 1.165) is 11.1 Å². The molecule has 0 spiro atoms. The lowest BCUT2D eigenvalue weighted by molar-refractivity contribution is -0.120. The number of nitrogens with one attached hydrogen (secondary N) is 2. The minimum absolute atomic E-state index is 0.0177. The van der Waals surface area contributed by atoms with Gasteiger partial charge in [0.05, 0.1) is 6.04 Å². The van der Waals surface area contributed by atoms with E-state index >= 15 is 0 Å². The summed E-state index contributed by atoms with van der Waals surface area (Å²) in [6.45, 7) is 3.43. The summed E-state index contributed by atoms with van der Waals surface area (Å²) in [6, 6.07) is 17.0. The molecule has 0 heterocycles. The second kappa shape index (κ2) is 10.9. The van der Waals surface area contributed by atoms with E-state index in [1.54, 1.807) is 50.2 Å². The largest absolute Gasteiger partial charge is 0.445 e. The van der Waals surface area contributed by atoms with E-state index in [-0.39, 0.29) is 18.9 Å². The number of alkyl carbamates (subject to hydrolysis) is 1. The fraction of sp³-hybridized carbons (Fsp3) is 0.333. The summed E-state index contributed by atoms with van der Waals surface area (Å²) < 4.78 is 18.3. The molecule has 0 aliphatic carbocycles. The van der Waals surface area contributed by atoms with Crippen molar-refractivity contribution in [2.24, 2.45) is 11.7 Å². The van der Waals surface area contributed by atoms with Crippen LogP contribution in [0.25, 0.3) is 0 Å². The molecule has 0 aliphatic heterocycles.